The van der Waals surface area contributed by atoms with Gasteiger partial charge in [0.1, 0.15) is 6.04 Å². The Balaban J connectivity index is 2.04. The van der Waals surface area contributed by atoms with Gasteiger partial charge in [-0.05, 0) is 5.56 Å². The van der Waals surface area contributed by atoms with Crippen molar-refractivity contribution < 1.29 is 4.79 Å². The standard InChI is InChI=1S/C13H18N2OS/c1-10-9-15(7-8-17-10)13(16)12(14)11-5-3-2-4-6-11/h2-6,10,12H,7-9,14H2,1H3/t10?,12-/m0/s1. The molecule has 2 rings (SSSR count). The third-order valence-corrected chi connectivity index (χ3v) is 4.11. The molecule has 1 aliphatic heterocycles. The molecule has 2 N–H and O–H groups in total. The van der Waals surface area contributed by atoms with Crippen LogP contribution >= 0.6 is 11.8 Å². The summed E-state index contributed by atoms with van der Waals surface area (Å²) in [5.41, 5.74) is 6.91. The van der Waals surface area contributed by atoms with E-state index in [0.29, 0.717) is 5.25 Å². The number of nitrogens with two attached hydrogens (primary N) is 1. The van der Waals surface area contributed by atoms with Crippen LogP contribution in [-0.2, 0) is 4.79 Å². The molecule has 2 atom stereocenters. The fraction of sp³-hybridized carbons (Fsp3) is 0.462. The normalized spacial score (nSPS) is 22.2. The van der Waals surface area contributed by atoms with Crippen LogP contribution in [0.25, 0.3) is 0 Å². The lowest BCUT2D eigenvalue weighted by atomic mass is 10.1. The Labute approximate surface area is 106 Å². The number of hydrogen-bond acceptors (Lipinski definition) is 3. The van der Waals surface area contributed by atoms with Crippen molar-refractivity contribution in [3.8, 4) is 0 Å². The van der Waals surface area contributed by atoms with Crippen LogP contribution in [0.3, 0.4) is 0 Å². The van der Waals surface area contributed by atoms with Gasteiger partial charge in [0.15, 0.2) is 0 Å². The van der Waals surface area contributed by atoms with Gasteiger partial charge in [-0.25, -0.2) is 0 Å². The summed E-state index contributed by atoms with van der Waals surface area (Å²) in [6, 6.07) is 9.05. The van der Waals surface area contributed by atoms with Crippen LogP contribution < -0.4 is 5.73 Å². The second-order valence-electron chi connectivity index (χ2n) is 4.35. The van der Waals surface area contributed by atoms with Crippen LogP contribution in [0.1, 0.15) is 18.5 Å². The van der Waals surface area contributed by atoms with Crippen molar-refractivity contribution in [2.45, 2.75) is 18.2 Å². The van der Waals surface area contributed by atoms with Gasteiger partial charge in [0.2, 0.25) is 5.91 Å². The second-order valence-corrected chi connectivity index (χ2v) is 5.90. The Hall–Kier alpha value is -1.00. The van der Waals surface area contributed by atoms with Gasteiger partial charge in [-0.2, -0.15) is 11.8 Å². The van der Waals surface area contributed by atoms with Gasteiger partial charge in [-0.3, -0.25) is 4.79 Å². The van der Waals surface area contributed by atoms with E-state index in [2.05, 4.69) is 6.92 Å². The Morgan fingerprint density at radius 3 is 2.82 bits per heavy atom. The van der Waals surface area contributed by atoms with E-state index in [1.54, 1.807) is 0 Å². The monoisotopic (exact) mass is 250 g/mol. The quantitative estimate of drug-likeness (QED) is 0.868. The first-order valence-corrected chi connectivity index (χ1v) is 6.94. The maximum absolute atomic E-state index is 12.2. The molecular weight excluding hydrogens is 232 g/mol. The van der Waals surface area contributed by atoms with E-state index in [4.69, 9.17) is 5.73 Å². The van der Waals surface area contributed by atoms with Gasteiger partial charge < -0.3 is 10.6 Å². The first-order valence-electron chi connectivity index (χ1n) is 5.89. The SMILES string of the molecule is CC1CN(C(=O)[C@@H](N)c2ccccc2)CCS1. The molecule has 1 fully saturated rings. The van der Waals surface area contributed by atoms with Gasteiger partial charge in [-0.1, -0.05) is 37.3 Å². The maximum Gasteiger partial charge on any atom is 0.244 e. The third kappa shape index (κ3) is 3.01. The summed E-state index contributed by atoms with van der Waals surface area (Å²) in [6.45, 7) is 3.77. The van der Waals surface area contributed by atoms with Crippen molar-refractivity contribution >= 4 is 17.7 Å². The third-order valence-electron chi connectivity index (χ3n) is 2.98. The Kier molecular flexibility index (Phi) is 4.07. The number of benzene rings is 1. The van der Waals surface area contributed by atoms with Crippen molar-refractivity contribution in [1.29, 1.82) is 0 Å². The smallest absolute Gasteiger partial charge is 0.244 e. The molecule has 1 saturated heterocycles. The zero-order valence-corrected chi connectivity index (χ0v) is 10.8. The molecule has 0 radical (unpaired) electrons. The average Bonchev–Trinajstić information content (AvgIpc) is 2.38. The highest BCUT2D eigenvalue weighted by molar-refractivity contribution is 7.99. The first kappa shape index (κ1) is 12.5. The molecule has 0 bridgehead atoms. The Morgan fingerprint density at radius 2 is 2.18 bits per heavy atom. The number of rotatable bonds is 2. The van der Waals surface area contributed by atoms with Crippen molar-refractivity contribution in [3.05, 3.63) is 35.9 Å². The summed E-state index contributed by atoms with van der Waals surface area (Å²) >= 11 is 1.91. The summed E-state index contributed by atoms with van der Waals surface area (Å²) in [7, 11) is 0. The van der Waals surface area contributed by atoms with Gasteiger partial charge in [0.05, 0.1) is 0 Å². The molecule has 0 saturated carbocycles. The summed E-state index contributed by atoms with van der Waals surface area (Å²) in [5.74, 6) is 1.05. The zero-order valence-electron chi connectivity index (χ0n) is 10.0. The van der Waals surface area contributed by atoms with Crippen molar-refractivity contribution in [2.24, 2.45) is 5.73 Å². The number of amides is 1. The average molecular weight is 250 g/mol. The molecule has 0 aliphatic carbocycles. The van der Waals surface area contributed by atoms with Gasteiger partial charge >= 0.3 is 0 Å². The minimum absolute atomic E-state index is 0.0448. The summed E-state index contributed by atoms with van der Waals surface area (Å²) < 4.78 is 0. The van der Waals surface area contributed by atoms with Crippen LogP contribution in [0.2, 0.25) is 0 Å². The Morgan fingerprint density at radius 1 is 1.47 bits per heavy atom. The van der Waals surface area contributed by atoms with E-state index in [-0.39, 0.29) is 5.91 Å². The first-order chi connectivity index (χ1) is 8.18. The number of nitrogens with zero attached hydrogens (tertiary/aromatic N) is 1. The van der Waals surface area contributed by atoms with E-state index >= 15 is 0 Å². The van der Waals surface area contributed by atoms with Crippen LogP contribution in [0, 0.1) is 0 Å². The Bertz CT molecular complexity index is 382. The molecule has 0 spiro atoms. The lowest BCUT2D eigenvalue weighted by Gasteiger charge is -2.32. The van der Waals surface area contributed by atoms with E-state index in [9.17, 15) is 4.79 Å². The topological polar surface area (TPSA) is 46.3 Å². The highest BCUT2D eigenvalue weighted by Gasteiger charge is 2.26. The number of thioether (sulfide) groups is 1. The van der Waals surface area contributed by atoms with E-state index in [1.165, 1.54) is 0 Å². The molecule has 1 amide bonds. The molecule has 0 aromatic heterocycles. The summed E-state index contributed by atoms with van der Waals surface area (Å²) in [6.07, 6.45) is 0. The molecule has 92 valence electrons. The molecule has 17 heavy (non-hydrogen) atoms. The molecule has 1 aromatic rings. The van der Waals surface area contributed by atoms with Gasteiger partial charge in [0, 0.05) is 24.1 Å². The maximum atomic E-state index is 12.2. The lowest BCUT2D eigenvalue weighted by molar-refractivity contribution is -0.132. The number of carbonyl (C=O) groups excluding carboxylic acids is 1. The minimum atomic E-state index is -0.522. The molecule has 1 unspecified atom stereocenters. The number of carbonyl (C=O) groups is 1. The highest BCUT2D eigenvalue weighted by atomic mass is 32.2. The second kappa shape index (κ2) is 5.56. The fourth-order valence-corrected chi connectivity index (χ4v) is 3.03. The van der Waals surface area contributed by atoms with Gasteiger partial charge in [-0.15, -0.1) is 0 Å². The number of hydrogen-bond donors (Lipinski definition) is 1. The van der Waals surface area contributed by atoms with E-state index < -0.39 is 6.04 Å². The fourth-order valence-electron chi connectivity index (χ4n) is 2.02. The van der Waals surface area contributed by atoms with Crippen LogP contribution in [0.5, 0.6) is 0 Å². The molecular formula is C13H18N2OS. The molecule has 3 nitrogen and oxygen atoms in total. The van der Waals surface area contributed by atoms with Crippen LogP contribution in [0.4, 0.5) is 0 Å². The van der Waals surface area contributed by atoms with Crippen molar-refractivity contribution in [2.75, 3.05) is 18.8 Å². The largest absolute Gasteiger partial charge is 0.339 e. The van der Waals surface area contributed by atoms with Gasteiger partial charge in [0.25, 0.3) is 0 Å². The summed E-state index contributed by atoms with van der Waals surface area (Å²) in [5, 5.41) is 0.510. The van der Waals surface area contributed by atoms with Crippen LogP contribution in [0.15, 0.2) is 30.3 Å². The predicted octanol–water partition coefficient (Wildman–Crippen LogP) is 1.65. The minimum Gasteiger partial charge on any atom is -0.339 e. The van der Waals surface area contributed by atoms with Crippen molar-refractivity contribution in [3.63, 3.8) is 0 Å². The molecule has 1 heterocycles. The predicted molar refractivity (Wildman–Crippen MR) is 71.9 cm³/mol. The molecule has 1 aliphatic rings. The van der Waals surface area contributed by atoms with E-state index in [1.807, 2.05) is 47.0 Å². The molecule has 4 heteroatoms. The van der Waals surface area contributed by atoms with E-state index in [0.717, 1.165) is 24.4 Å². The summed E-state index contributed by atoms with van der Waals surface area (Å²) in [4.78, 5) is 14.1. The van der Waals surface area contributed by atoms with Crippen LogP contribution in [-0.4, -0.2) is 34.9 Å². The van der Waals surface area contributed by atoms with Crippen molar-refractivity contribution in [1.82, 2.24) is 4.90 Å². The highest BCUT2D eigenvalue weighted by Crippen LogP contribution is 2.21. The zero-order chi connectivity index (χ0) is 12.3. The molecule has 1 aromatic carbocycles. The lowest BCUT2D eigenvalue weighted by Crippen LogP contribution is -2.45.